The van der Waals surface area contributed by atoms with Crippen LogP contribution in [-0.4, -0.2) is 39.0 Å². The van der Waals surface area contributed by atoms with E-state index in [1.54, 1.807) is 0 Å². The van der Waals surface area contributed by atoms with E-state index < -0.39 is 0 Å². The molecule has 3 heteroatoms. The Labute approximate surface area is 118 Å². The Kier molecular flexibility index (Phi) is 5.27. The van der Waals surface area contributed by atoms with E-state index in [-0.39, 0.29) is 5.60 Å². The minimum Gasteiger partial charge on any atom is -0.381 e. The summed E-state index contributed by atoms with van der Waals surface area (Å²) in [5.41, 5.74) is -0.0194. The van der Waals surface area contributed by atoms with Crippen LogP contribution in [0.3, 0.4) is 0 Å². The van der Waals surface area contributed by atoms with Crippen LogP contribution in [0.5, 0.6) is 0 Å². The van der Waals surface area contributed by atoms with Crippen molar-refractivity contribution in [1.29, 1.82) is 0 Å². The third-order valence-electron chi connectivity index (χ3n) is 5.31. The fourth-order valence-corrected chi connectivity index (χ4v) is 4.57. The van der Waals surface area contributed by atoms with Crippen LogP contribution in [-0.2, 0) is 9.47 Å². The lowest BCUT2D eigenvalue weighted by molar-refractivity contribution is -0.124. The van der Waals surface area contributed by atoms with Gasteiger partial charge in [-0.05, 0) is 44.1 Å². The molecule has 3 atom stereocenters. The van der Waals surface area contributed by atoms with Gasteiger partial charge in [0.1, 0.15) is 0 Å². The second-order valence-electron chi connectivity index (χ2n) is 6.83. The number of likely N-dealkylation sites (N-methyl/N-ethyl adjacent to an activating group) is 1. The van der Waals surface area contributed by atoms with E-state index in [2.05, 4.69) is 26.2 Å². The number of rotatable bonds is 4. The minimum atomic E-state index is -0.0194. The first-order valence-electron chi connectivity index (χ1n) is 7.91. The van der Waals surface area contributed by atoms with E-state index in [1.807, 2.05) is 7.11 Å². The number of ether oxygens (including phenoxy) is 2. The van der Waals surface area contributed by atoms with E-state index in [1.165, 1.54) is 19.3 Å². The quantitative estimate of drug-likeness (QED) is 0.851. The number of methoxy groups -OCH3 is 1. The normalized spacial score (nSPS) is 36.9. The summed E-state index contributed by atoms with van der Waals surface area (Å²) in [5, 5.41) is 3.59. The summed E-state index contributed by atoms with van der Waals surface area (Å²) >= 11 is 0. The molecule has 19 heavy (non-hydrogen) atoms. The molecule has 2 fully saturated rings. The van der Waals surface area contributed by atoms with Gasteiger partial charge in [0.15, 0.2) is 0 Å². The Bertz CT molecular complexity index is 266. The van der Waals surface area contributed by atoms with Gasteiger partial charge in [0.05, 0.1) is 5.60 Å². The van der Waals surface area contributed by atoms with Crippen LogP contribution in [0.1, 0.15) is 46.0 Å². The van der Waals surface area contributed by atoms with Gasteiger partial charge < -0.3 is 14.8 Å². The van der Waals surface area contributed by atoms with Crippen molar-refractivity contribution in [3.63, 3.8) is 0 Å². The molecule has 0 amide bonds. The van der Waals surface area contributed by atoms with Crippen LogP contribution in [0.4, 0.5) is 0 Å². The maximum atomic E-state index is 6.01. The zero-order valence-electron chi connectivity index (χ0n) is 13.1. The molecule has 1 heterocycles. The summed E-state index contributed by atoms with van der Waals surface area (Å²) in [5.74, 6) is 2.43. The maximum absolute atomic E-state index is 6.01. The largest absolute Gasteiger partial charge is 0.381 e. The monoisotopic (exact) mass is 269 g/mol. The predicted octanol–water partition coefficient (Wildman–Crippen LogP) is 2.84. The summed E-state index contributed by atoms with van der Waals surface area (Å²) in [6, 6.07) is 0.464. The van der Waals surface area contributed by atoms with E-state index in [0.29, 0.717) is 6.04 Å². The molecule has 3 unspecified atom stereocenters. The lowest BCUT2D eigenvalue weighted by atomic mass is 9.68. The predicted molar refractivity (Wildman–Crippen MR) is 78.3 cm³/mol. The molecule has 0 radical (unpaired) electrons. The fraction of sp³-hybridized carbons (Fsp3) is 1.00. The molecule has 3 nitrogen and oxygen atoms in total. The van der Waals surface area contributed by atoms with Crippen molar-refractivity contribution >= 4 is 0 Å². The van der Waals surface area contributed by atoms with Crippen LogP contribution in [0.2, 0.25) is 0 Å². The maximum Gasteiger partial charge on any atom is 0.0877 e. The zero-order chi connectivity index (χ0) is 13.9. The van der Waals surface area contributed by atoms with Crippen LogP contribution in [0.25, 0.3) is 0 Å². The van der Waals surface area contributed by atoms with Gasteiger partial charge in [-0.15, -0.1) is 0 Å². The Balaban J connectivity index is 2.12. The van der Waals surface area contributed by atoms with Crippen LogP contribution >= 0.6 is 0 Å². The average Bonchev–Trinajstić information content (AvgIpc) is 2.39. The molecule has 0 aromatic carbocycles. The standard InChI is InChI=1S/C16H31NO2/c1-12-9-13(2)11-14(10-12)15(17-3)16(18-4)5-7-19-8-6-16/h12-15,17H,5-11H2,1-4H3. The first-order chi connectivity index (χ1) is 9.11. The van der Waals surface area contributed by atoms with E-state index in [9.17, 15) is 0 Å². The molecule has 0 aromatic rings. The molecule has 112 valence electrons. The Morgan fingerprint density at radius 2 is 1.68 bits per heavy atom. The van der Waals surface area contributed by atoms with Gasteiger partial charge in [-0.25, -0.2) is 0 Å². The highest BCUT2D eigenvalue weighted by molar-refractivity contribution is 4.99. The summed E-state index contributed by atoms with van der Waals surface area (Å²) < 4.78 is 11.6. The van der Waals surface area contributed by atoms with Gasteiger partial charge in [0, 0.05) is 39.2 Å². The van der Waals surface area contributed by atoms with Crippen molar-refractivity contribution in [3.05, 3.63) is 0 Å². The fourth-order valence-electron chi connectivity index (χ4n) is 4.57. The van der Waals surface area contributed by atoms with Crippen LogP contribution < -0.4 is 5.32 Å². The van der Waals surface area contributed by atoms with Crippen molar-refractivity contribution in [1.82, 2.24) is 5.32 Å². The highest BCUT2D eigenvalue weighted by atomic mass is 16.5. The van der Waals surface area contributed by atoms with Crippen molar-refractivity contribution in [2.45, 2.75) is 57.6 Å². The Morgan fingerprint density at radius 1 is 1.11 bits per heavy atom. The molecule has 0 spiro atoms. The summed E-state index contributed by atoms with van der Waals surface area (Å²) in [4.78, 5) is 0. The van der Waals surface area contributed by atoms with Crippen LogP contribution in [0.15, 0.2) is 0 Å². The van der Waals surface area contributed by atoms with Crippen molar-refractivity contribution in [2.24, 2.45) is 17.8 Å². The molecular formula is C16H31NO2. The molecule has 1 aliphatic carbocycles. The Morgan fingerprint density at radius 3 is 2.16 bits per heavy atom. The molecular weight excluding hydrogens is 238 g/mol. The smallest absolute Gasteiger partial charge is 0.0877 e. The lowest BCUT2D eigenvalue weighted by Gasteiger charge is -2.48. The highest BCUT2D eigenvalue weighted by Crippen LogP contribution is 2.41. The summed E-state index contributed by atoms with van der Waals surface area (Å²) in [6.07, 6.45) is 6.10. The van der Waals surface area contributed by atoms with Crippen molar-refractivity contribution in [3.8, 4) is 0 Å². The van der Waals surface area contributed by atoms with E-state index in [4.69, 9.17) is 9.47 Å². The third kappa shape index (κ3) is 3.32. The highest BCUT2D eigenvalue weighted by Gasteiger charge is 2.45. The summed E-state index contributed by atoms with van der Waals surface area (Å²) in [7, 11) is 3.98. The molecule has 1 saturated carbocycles. The molecule has 2 rings (SSSR count). The van der Waals surface area contributed by atoms with Gasteiger partial charge in [-0.2, -0.15) is 0 Å². The topological polar surface area (TPSA) is 30.5 Å². The zero-order valence-corrected chi connectivity index (χ0v) is 13.1. The number of hydrogen-bond acceptors (Lipinski definition) is 3. The molecule has 0 bridgehead atoms. The van der Waals surface area contributed by atoms with Crippen molar-refractivity contribution in [2.75, 3.05) is 27.4 Å². The van der Waals surface area contributed by atoms with Gasteiger partial charge in [-0.1, -0.05) is 13.8 Å². The molecule has 2 aliphatic rings. The van der Waals surface area contributed by atoms with Gasteiger partial charge in [0.2, 0.25) is 0 Å². The number of hydrogen-bond donors (Lipinski definition) is 1. The van der Waals surface area contributed by atoms with Gasteiger partial charge >= 0.3 is 0 Å². The molecule has 0 aromatic heterocycles. The SMILES string of the molecule is CNC(C1CC(C)CC(C)C1)C1(OC)CCOCC1. The van der Waals surface area contributed by atoms with Crippen molar-refractivity contribution < 1.29 is 9.47 Å². The minimum absolute atomic E-state index is 0.0194. The van der Waals surface area contributed by atoms with E-state index >= 15 is 0 Å². The number of nitrogens with one attached hydrogen (secondary N) is 1. The Hall–Kier alpha value is -0.120. The van der Waals surface area contributed by atoms with Crippen LogP contribution in [0, 0.1) is 17.8 Å². The lowest BCUT2D eigenvalue weighted by Crippen LogP contribution is -2.58. The first-order valence-corrected chi connectivity index (χ1v) is 7.91. The average molecular weight is 269 g/mol. The second kappa shape index (κ2) is 6.55. The first kappa shape index (κ1) is 15.3. The van der Waals surface area contributed by atoms with E-state index in [0.717, 1.165) is 43.8 Å². The van der Waals surface area contributed by atoms with Gasteiger partial charge in [0.25, 0.3) is 0 Å². The second-order valence-corrected chi connectivity index (χ2v) is 6.83. The third-order valence-corrected chi connectivity index (χ3v) is 5.31. The molecule has 1 aliphatic heterocycles. The summed E-state index contributed by atoms with van der Waals surface area (Å²) in [6.45, 7) is 6.48. The molecule has 1 N–H and O–H groups in total. The molecule has 1 saturated heterocycles. The van der Waals surface area contributed by atoms with Gasteiger partial charge in [-0.3, -0.25) is 0 Å².